The Balaban J connectivity index is 1.97. The molecule has 0 aliphatic heterocycles. The molecule has 5 nitrogen and oxygen atoms in total. The molecule has 4 aromatic rings. The molecule has 4 rings (SSSR count). The molecule has 0 bridgehead atoms. The molecule has 0 aliphatic carbocycles. The highest BCUT2D eigenvalue weighted by atomic mass is 15.1. The lowest BCUT2D eigenvalue weighted by molar-refractivity contribution is 0.867. The number of nitrogens with two attached hydrogens (primary N) is 1. The minimum Gasteiger partial charge on any atom is -0.383 e. The van der Waals surface area contributed by atoms with Crippen molar-refractivity contribution in [1.29, 1.82) is 0 Å². The van der Waals surface area contributed by atoms with E-state index in [1.807, 2.05) is 14.1 Å². The van der Waals surface area contributed by atoms with E-state index < -0.39 is 0 Å². The third-order valence-corrected chi connectivity index (χ3v) is 5.18. The van der Waals surface area contributed by atoms with Gasteiger partial charge in [-0.25, -0.2) is 15.0 Å². The summed E-state index contributed by atoms with van der Waals surface area (Å²) in [5.74, 6) is 0.887. The first-order valence-corrected chi connectivity index (χ1v) is 9.73. The number of pyridine rings is 1. The van der Waals surface area contributed by atoms with Gasteiger partial charge in [-0.05, 0) is 35.2 Å². The van der Waals surface area contributed by atoms with Gasteiger partial charge in [0.1, 0.15) is 12.1 Å². The van der Waals surface area contributed by atoms with Crippen molar-refractivity contribution in [3.05, 3.63) is 66.5 Å². The van der Waals surface area contributed by atoms with Gasteiger partial charge < -0.3 is 10.6 Å². The molecule has 0 unspecified atom stereocenters. The van der Waals surface area contributed by atoms with E-state index in [4.69, 9.17) is 10.7 Å². The monoisotopic (exact) mass is 383 g/mol. The quantitative estimate of drug-likeness (QED) is 0.529. The number of nitrogen functional groups attached to an aromatic ring is 1. The summed E-state index contributed by atoms with van der Waals surface area (Å²) in [6.45, 7) is 4.40. The van der Waals surface area contributed by atoms with Gasteiger partial charge in [-0.1, -0.05) is 50.2 Å². The largest absolute Gasteiger partial charge is 0.383 e. The summed E-state index contributed by atoms with van der Waals surface area (Å²) in [6.07, 6.45) is 1.46. The highest BCUT2D eigenvalue weighted by Crippen LogP contribution is 2.35. The van der Waals surface area contributed by atoms with Gasteiger partial charge in [-0.3, -0.25) is 0 Å². The Morgan fingerprint density at radius 1 is 0.897 bits per heavy atom. The molecule has 0 aliphatic rings. The van der Waals surface area contributed by atoms with Gasteiger partial charge in [0.2, 0.25) is 0 Å². The first kappa shape index (κ1) is 18.9. The van der Waals surface area contributed by atoms with Crippen molar-refractivity contribution >= 4 is 22.5 Å². The van der Waals surface area contributed by atoms with Gasteiger partial charge in [0, 0.05) is 30.9 Å². The Morgan fingerprint density at radius 2 is 1.66 bits per heavy atom. The molecule has 0 atom stereocenters. The Hall–Kier alpha value is -3.47. The second kappa shape index (κ2) is 7.51. The molecular formula is C24H25N5. The lowest BCUT2D eigenvalue weighted by Gasteiger charge is -2.15. The van der Waals surface area contributed by atoms with Crippen molar-refractivity contribution in [2.75, 3.05) is 24.7 Å². The molecule has 146 valence electrons. The van der Waals surface area contributed by atoms with Crippen LogP contribution in [0, 0.1) is 0 Å². The molecule has 2 heterocycles. The molecule has 0 fully saturated rings. The second-order valence-electron chi connectivity index (χ2n) is 7.74. The SMILES string of the molecule is CC(C)c1cccc(-c2cc3c(N)ncnc3nc2-c2ccc(N(C)C)cc2)c1. The van der Waals surface area contributed by atoms with Crippen LogP contribution < -0.4 is 10.6 Å². The molecule has 2 N–H and O–H groups in total. The van der Waals surface area contributed by atoms with Crippen molar-refractivity contribution in [2.24, 2.45) is 0 Å². The van der Waals surface area contributed by atoms with E-state index in [0.717, 1.165) is 33.5 Å². The van der Waals surface area contributed by atoms with Crippen LogP contribution in [0.5, 0.6) is 0 Å². The summed E-state index contributed by atoms with van der Waals surface area (Å²) in [6, 6.07) is 19.1. The predicted molar refractivity (Wildman–Crippen MR) is 121 cm³/mol. The Kier molecular flexibility index (Phi) is 4.89. The number of fused-ring (bicyclic) bond motifs is 1. The van der Waals surface area contributed by atoms with E-state index >= 15 is 0 Å². The van der Waals surface area contributed by atoms with Crippen LogP contribution in [0.15, 0.2) is 60.9 Å². The number of anilines is 2. The minimum absolute atomic E-state index is 0.443. The van der Waals surface area contributed by atoms with Crippen LogP contribution in [-0.2, 0) is 0 Å². The van der Waals surface area contributed by atoms with Crippen LogP contribution in [0.4, 0.5) is 11.5 Å². The van der Waals surface area contributed by atoms with E-state index in [2.05, 4.69) is 83.3 Å². The fourth-order valence-electron chi connectivity index (χ4n) is 3.43. The minimum atomic E-state index is 0.443. The Morgan fingerprint density at radius 3 is 2.34 bits per heavy atom. The maximum atomic E-state index is 6.13. The molecule has 2 aromatic carbocycles. The van der Waals surface area contributed by atoms with Crippen LogP contribution in [0.25, 0.3) is 33.4 Å². The third-order valence-electron chi connectivity index (χ3n) is 5.18. The normalized spacial score (nSPS) is 11.2. The zero-order valence-corrected chi connectivity index (χ0v) is 17.2. The summed E-state index contributed by atoms with van der Waals surface area (Å²) in [4.78, 5) is 15.5. The number of hydrogen-bond acceptors (Lipinski definition) is 5. The van der Waals surface area contributed by atoms with Crippen LogP contribution >= 0.6 is 0 Å². The zero-order valence-electron chi connectivity index (χ0n) is 17.2. The van der Waals surface area contributed by atoms with Crippen molar-refractivity contribution in [3.8, 4) is 22.4 Å². The standard InChI is InChI=1S/C24H25N5/c1-15(2)17-6-5-7-18(12-17)20-13-21-23(25)26-14-27-24(21)28-22(20)16-8-10-19(11-9-16)29(3)4/h5-15H,1-4H3,(H2,25,26,27,28). The average Bonchev–Trinajstić information content (AvgIpc) is 2.73. The van der Waals surface area contributed by atoms with Crippen LogP contribution in [0.2, 0.25) is 0 Å². The third kappa shape index (κ3) is 3.63. The fourth-order valence-corrected chi connectivity index (χ4v) is 3.43. The van der Waals surface area contributed by atoms with E-state index in [0.29, 0.717) is 17.4 Å². The molecule has 5 heteroatoms. The van der Waals surface area contributed by atoms with Crippen LogP contribution in [0.1, 0.15) is 25.3 Å². The highest BCUT2D eigenvalue weighted by Gasteiger charge is 2.15. The lowest BCUT2D eigenvalue weighted by Crippen LogP contribution is -2.08. The smallest absolute Gasteiger partial charge is 0.165 e. The maximum Gasteiger partial charge on any atom is 0.165 e. The van der Waals surface area contributed by atoms with Gasteiger partial charge in [0.05, 0.1) is 11.1 Å². The molecule has 0 spiro atoms. The maximum absolute atomic E-state index is 6.13. The zero-order chi connectivity index (χ0) is 20.5. The molecule has 0 radical (unpaired) electrons. The molecule has 0 amide bonds. The van der Waals surface area contributed by atoms with Crippen molar-refractivity contribution < 1.29 is 0 Å². The molecule has 2 aromatic heterocycles. The fraction of sp³-hybridized carbons (Fsp3) is 0.208. The second-order valence-corrected chi connectivity index (χ2v) is 7.74. The van der Waals surface area contributed by atoms with Gasteiger partial charge in [-0.2, -0.15) is 0 Å². The van der Waals surface area contributed by atoms with E-state index in [1.54, 1.807) is 0 Å². The molecule has 0 saturated carbocycles. The summed E-state index contributed by atoms with van der Waals surface area (Å²) in [5, 5.41) is 0.770. The first-order valence-electron chi connectivity index (χ1n) is 9.73. The average molecular weight is 383 g/mol. The summed E-state index contributed by atoms with van der Waals surface area (Å²) < 4.78 is 0. The summed E-state index contributed by atoms with van der Waals surface area (Å²) >= 11 is 0. The highest BCUT2D eigenvalue weighted by molar-refractivity contribution is 5.94. The topological polar surface area (TPSA) is 67.9 Å². The Labute approximate surface area is 171 Å². The number of rotatable bonds is 4. The number of hydrogen-bond donors (Lipinski definition) is 1. The van der Waals surface area contributed by atoms with Crippen molar-refractivity contribution in [3.63, 3.8) is 0 Å². The number of aromatic nitrogens is 3. The van der Waals surface area contributed by atoms with Crippen molar-refractivity contribution in [2.45, 2.75) is 19.8 Å². The molecule has 29 heavy (non-hydrogen) atoms. The molecule has 0 saturated heterocycles. The van der Waals surface area contributed by atoms with Crippen molar-refractivity contribution in [1.82, 2.24) is 15.0 Å². The van der Waals surface area contributed by atoms with E-state index in [-0.39, 0.29) is 0 Å². The van der Waals surface area contributed by atoms with E-state index in [1.165, 1.54) is 11.9 Å². The first-order chi connectivity index (χ1) is 13.9. The Bertz CT molecular complexity index is 1160. The van der Waals surface area contributed by atoms with Gasteiger partial charge >= 0.3 is 0 Å². The van der Waals surface area contributed by atoms with E-state index in [9.17, 15) is 0 Å². The number of benzene rings is 2. The molecular weight excluding hydrogens is 358 g/mol. The van der Waals surface area contributed by atoms with Gasteiger partial charge in [0.25, 0.3) is 0 Å². The van der Waals surface area contributed by atoms with Crippen LogP contribution in [-0.4, -0.2) is 29.0 Å². The summed E-state index contributed by atoms with van der Waals surface area (Å²) in [5.41, 5.74) is 13.2. The summed E-state index contributed by atoms with van der Waals surface area (Å²) in [7, 11) is 4.07. The van der Waals surface area contributed by atoms with Crippen LogP contribution in [0.3, 0.4) is 0 Å². The van der Waals surface area contributed by atoms with Gasteiger partial charge in [-0.15, -0.1) is 0 Å². The van der Waals surface area contributed by atoms with Gasteiger partial charge in [0.15, 0.2) is 5.65 Å². The lowest BCUT2D eigenvalue weighted by atomic mass is 9.94. The predicted octanol–water partition coefficient (Wildman–Crippen LogP) is 5.13. The number of nitrogens with zero attached hydrogens (tertiary/aromatic N) is 4.